The first kappa shape index (κ1) is 11.1. The van der Waals surface area contributed by atoms with E-state index in [0.717, 1.165) is 5.56 Å². The van der Waals surface area contributed by atoms with Crippen LogP contribution in [0.4, 0.5) is 0 Å². The van der Waals surface area contributed by atoms with Gasteiger partial charge in [-0.1, -0.05) is 17.7 Å². The smallest absolute Gasteiger partial charge is 0.123 e. The Kier molecular flexibility index (Phi) is 3.55. The highest BCUT2D eigenvalue weighted by Crippen LogP contribution is 2.31. The molecule has 76 valence electrons. The number of hydrogen-bond acceptors (Lipinski definition) is 2. The lowest BCUT2D eigenvalue weighted by molar-refractivity contribution is 0.457. The van der Waals surface area contributed by atoms with Crippen LogP contribution in [0.15, 0.2) is 24.8 Å². The van der Waals surface area contributed by atoms with Crippen LogP contribution in [0.3, 0.4) is 0 Å². The molecule has 0 fully saturated rings. The first-order valence-electron chi connectivity index (χ1n) is 4.41. The Morgan fingerprint density at radius 2 is 2.29 bits per heavy atom. The number of rotatable bonds is 3. The molecule has 0 amide bonds. The topological polar surface area (TPSA) is 46.2 Å². The van der Waals surface area contributed by atoms with Gasteiger partial charge < -0.3 is 10.8 Å². The van der Waals surface area contributed by atoms with Gasteiger partial charge in [-0.05, 0) is 31.0 Å². The number of aromatic hydroxyl groups is 1. The fourth-order valence-corrected chi connectivity index (χ4v) is 1.63. The summed E-state index contributed by atoms with van der Waals surface area (Å²) in [4.78, 5) is 0. The van der Waals surface area contributed by atoms with Crippen LogP contribution >= 0.6 is 11.6 Å². The third-order valence-electron chi connectivity index (χ3n) is 2.11. The van der Waals surface area contributed by atoms with Gasteiger partial charge in [0.1, 0.15) is 5.75 Å². The van der Waals surface area contributed by atoms with Crippen molar-refractivity contribution in [1.82, 2.24) is 0 Å². The van der Waals surface area contributed by atoms with Gasteiger partial charge in [0, 0.05) is 16.6 Å². The lowest BCUT2D eigenvalue weighted by Crippen LogP contribution is -2.09. The molecular weight excluding hydrogens is 198 g/mol. The molecule has 3 N–H and O–H groups in total. The number of phenolic OH excluding ortho intramolecular Hbond substituents is 1. The van der Waals surface area contributed by atoms with Crippen molar-refractivity contribution in [3.63, 3.8) is 0 Å². The molecule has 1 rings (SSSR count). The van der Waals surface area contributed by atoms with Gasteiger partial charge in [-0.2, -0.15) is 0 Å². The number of nitrogens with two attached hydrogens (primary N) is 1. The van der Waals surface area contributed by atoms with Gasteiger partial charge >= 0.3 is 0 Å². The van der Waals surface area contributed by atoms with Crippen molar-refractivity contribution in [2.45, 2.75) is 19.4 Å². The van der Waals surface area contributed by atoms with Crippen molar-refractivity contribution in [2.75, 3.05) is 0 Å². The van der Waals surface area contributed by atoms with Crippen LogP contribution in [0.1, 0.15) is 23.6 Å². The third-order valence-corrected chi connectivity index (χ3v) is 2.33. The summed E-state index contributed by atoms with van der Waals surface area (Å²) in [5.41, 5.74) is 7.27. The van der Waals surface area contributed by atoms with E-state index in [1.807, 2.05) is 0 Å². The SMILES string of the molecule is C=CC[C@@H](N)c1cc(Cl)cc(C)c1O. The first-order chi connectivity index (χ1) is 6.56. The summed E-state index contributed by atoms with van der Waals surface area (Å²) in [5.74, 6) is 0.226. The van der Waals surface area contributed by atoms with Crippen LogP contribution in [0.5, 0.6) is 5.75 Å². The fourth-order valence-electron chi connectivity index (χ4n) is 1.35. The fraction of sp³-hybridized carbons (Fsp3) is 0.273. The quantitative estimate of drug-likeness (QED) is 0.756. The molecule has 0 radical (unpaired) electrons. The van der Waals surface area contributed by atoms with Crippen LogP contribution in [0.2, 0.25) is 5.02 Å². The molecule has 14 heavy (non-hydrogen) atoms. The van der Waals surface area contributed by atoms with Crippen LogP contribution in [0, 0.1) is 6.92 Å². The second-order valence-electron chi connectivity index (χ2n) is 3.29. The molecule has 1 aromatic rings. The number of hydrogen-bond donors (Lipinski definition) is 2. The normalized spacial score (nSPS) is 12.5. The highest BCUT2D eigenvalue weighted by Gasteiger charge is 2.12. The molecule has 0 saturated heterocycles. The molecule has 3 heteroatoms. The number of benzene rings is 1. The summed E-state index contributed by atoms with van der Waals surface area (Å²) in [6.07, 6.45) is 2.34. The molecule has 2 nitrogen and oxygen atoms in total. The van der Waals surface area contributed by atoms with Gasteiger partial charge in [-0.25, -0.2) is 0 Å². The van der Waals surface area contributed by atoms with E-state index in [-0.39, 0.29) is 11.8 Å². The maximum atomic E-state index is 9.75. The molecule has 0 aromatic heterocycles. The average molecular weight is 212 g/mol. The highest BCUT2D eigenvalue weighted by atomic mass is 35.5. The second-order valence-corrected chi connectivity index (χ2v) is 3.73. The van der Waals surface area contributed by atoms with Crippen molar-refractivity contribution in [3.8, 4) is 5.75 Å². The van der Waals surface area contributed by atoms with Gasteiger partial charge in [-0.15, -0.1) is 6.58 Å². The van der Waals surface area contributed by atoms with Crippen molar-refractivity contribution in [2.24, 2.45) is 5.73 Å². The minimum Gasteiger partial charge on any atom is -0.507 e. The summed E-state index contributed by atoms with van der Waals surface area (Å²) in [5, 5.41) is 10.3. The van der Waals surface area contributed by atoms with Crippen LogP contribution in [0.25, 0.3) is 0 Å². The van der Waals surface area contributed by atoms with Crippen LogP contribution in [-0.2, 0) is 0 Å². The van der Waals surface area contributed by atoms with Crippen LogP contribution in [-0.4, -0.2) is 5.11 Å². The number of aryl methyl sites for hydroxylation is 1. The molecule has 0 aliphatic carbocycles. The van der Waals surface area contributed by atoms with E-state index >= 15 is 0 Å². The summed E-state index contributed by atoms with van der Waals surface area (Å²) in [6.45, 7) is 5.40. The molecule has 0 unspecified atom stereocenters. The summed E-state index contributed by atoms with van der Waals surface area (Å²) >= 11 is 5.87. The zero-order valence-electron chi connectivity index (χ0n) is 8.13. The molecule has 0 saturated carbocycles. The maximum absolute atomic E-state index is 9.75. The maximum Gasteiger partial charge on any atom is 0.123 e. The molecule has 0 aliphatic rings. The summed E-state index contributed by atoms with van der Waals surface area (Å²) in [6, 6.07) is 3.16. The summed E-state index contributed by atoms with van der Waals surface area (Å²) < 4.78 is 0. The predicted molar refractivity (Wildman–Crippen MR) is 59.6 cm³/mol. The first-order valence-corrected chi connectivity index (χ1v) is 4.79. The van der Waals surface area contributed by atoms with E-state index in [9.17, 15) is 5.11 Å². The Bertz CT molecular complexity index is 349. The predicted octanol–water partition coefficient (Wildman–Crippen LogP) is 2.93. The molecule has 0 heterocycles. The van der Waals surface area contributed by atoms with Crippen molar-refractivity contribution < 1.29 is 5.11 Å². The molecule has 0 spiro atoms. The average Bonchev–Trinajstić information content (AvgIpc) is 2.11. The van der Waals surface area contributed by atoms with E-state index in [1.54, 1.807) is 25.1 Å². The van der Waals surface area contributed by atoms with Crippen molar-refractivity contribution >= 4 is 11.6 Å². The zero-order valence-corrected chi connectivity index (χ0v) is 8.88. The molecule has 0 bridgehead atoms. The lowest BCUT2D eigenvalue weighted by Gasteiger charge is -2.13. The molecule has 1 atom stereocenters. The van der Waals surface area contributed by atoms with Gasteiger partial charge in [0.15, 0.2) is 0 Å². The van der Waals surface area contributed by atoms with E-state index in [0.29, 0.717) is 17.0 Å². The molecule has 1 aromatic carbocycles. The largest absolute Gasteiger partial charge is 0.507 e. The van der Waals surface area contributed by atoms with E-state index < -0.39 is 0 Å². The van der Waals surface area contributed by atoms with Crippen LogP contribution < -0.4 is 5.73 Å². The Labute approximate surface area is 89.0 Å². The minimum absolute atomic E-state index is 0.226. The molecular formula is C11H14ClNO. The van der Waals surface area contributed by atoms with E-state index in [4.69, 9.17) is 17.3 Å². The summed E-state index contributed by atoms with van der Waals surface area (Å²) in [7, 11) is 0. The van der Waals surface area contributed by atoms with E-state index in [2.05, 4.69) is 6.58 Å². The van der Waals surface area contributed by atoms with Crippen molar-refractivity contribution in [3.05, 3.63) is 40.9 Å². The minimum atomic E-state index is -0.245. The standard InChI is InChI=1S/C11H14ClNO/c1-3-4-10(13)9-6-8(12)5-7(2)11(9)14/h3,5-6,10,14H,1,4,13H2,2H3/t10-/m1/s1. The number of halogens is 1. The Morgan fingerprint density at radius 1 is 1.64 bits per heavy atom. The third kappa shape index (κ3) is 2.28. The Morgan fingerprint density at radius 3 is 2.86 bits per heavy atom. The van der Waals surface area contributed by atoms with Gasteiger partial charge in [0.25, 0.3) is 0 Å². The number of phenols is 1. The van der Waals surface area contributed by atoms with Crippen molar-refractivity contribution in [1.29, 1.82) is 0 Å². The monoisotopic (exact) mass is 211 g/mol. The molecule has 0 aliphatic heterocycles. The zero-order chi connectivity index (χ0) is 10.7. The Hall–Kier alpha value is -0.990. The Balaban J connectivity index is 3.12. The van der Waals surface area contributed by atoms with Gasteiger partial charge in [0.05, 0.1) is 0 Å². The van der Waals surface area contributed by atoms with Gasteiger partial charge in [0.2, 0.25) is 0 Å². The van der Waals surface area contributed by atoms with E-state index in [1.165, 1.54) is 0 Å². The van der Waals surface area contributed by atoms with Gasteiger partial charge in [-0.3, -0.25) is 0 Å². The highest BCUT2D eigenvalue weighted by molar-refractivity contribution is 6.30. The second kappa shape index (κ2) is 4.49. The lowest BCUT2D eigenvalue weighted by atomic mass is 10.0.